The molecule has 3 rings (SSSR count). The van der Waals surface area contributed by atoms with Gasteiger partial charge >= 0.3 is 6.03 Å². The maximum atomic E-state index is 12.1. The highest BCUT2D eigenvalue weighted by molar-refractivity contribution is 6.01. The summed E-state index contributed by atoms with van der Waals surface area (Å²) in [5.41, 5.74) is 1.47. The number of aryl methyl sites for hydroxylation is 1. The lowest BCUT2D eigenvalue weighted by atomic mass is 10.2. The van der Waals surface area contributed by atoms with Gasteiger partial charge in [0.05, 0.1) is 6.54 Å². The lowest BCUT2D eigenvalue weighted by Gasteiger charge is -2.19. The molecule has 0 bridgehead atoms. The van der Waals surface area contributed by atoms with Gasteiger partial charge in [-0.05, 0) is 43.8 Å². The summed E-state index contributed by atoms with van der Waals surface area (Å²) in [5.74, 6) is 0.932. The predicted octanol–water partition coefficient (Wildman–Crippen LogP) is 1.77. The Morgan fingerprint density at radius 1 is 1.03 bits per heavy atom. The fraction of sp³-hybridized carbons (Fsp3) is 0.333. The van der Waals surface area contributed by atoms with Crippen molar-refractivity contribution in [2.75, 3.05) is 44.0 Å². The van der Waals surface area contributed by atoms with Crippen LogP contribution < -0.4 is 25.4 Å². The molecule has 2 heterocycles. The zero-order valence-electron chi connectivity index (χ0n) is 17.4. The number of anilines is 2. The molecule has 1 aromatic carbocycles. The zero-order chi connectivity index (χ0) is 22.2. The Labute approximate surface area is 179 Å². The summed E-state index contributed by atoms with van der Waals surface area (Å²) >= 11 is 0. The third-order valence-electron chi connectivity index (χ3n) is 4.37. The number of nitrogens with zero attached hydrogens (tertiary/aromatic N) is 2. The minimum absolute atomic E-state index is 0.0566. The van der Waals surface area contributed by atoms with Crippen LogP contribution in [0.2, 0.25) is 0 Å². The number of nitrogens with one attached hydrogen (secondary N) is 3. The molecule has 10 heteroatoms. The van der Waals surface area contributed by atoms with E-state index in [4.69, 9.17) is 9.47 Å². The SMILES string of the molecule is Cc1ccnc(NC(=O)CN(C)CCC(=O)NC(=O)Nc2ccc3c(c2)OCCO3)c1. The van der Waals surface area contributed by atoms with Gasteiger partial charge in [0, 0.05) is 30.9 Å². The molecule has 164 valence electrons. The van der Waals surface area contributed by atoms with Gasteiger partial charge in [-0.25, -0.2) is 9.78 Å². The van der Waals surface area contributed by atoms with Crippen molar-refractivity contribution in [2.24, 2.45) is 0 Å². The summed E-state index contributed by atoms with van der Waals surface area (Å²) in [4.78, 5) is 41.9. The van der Waals surface area contributed by atoms with Crippen LogP contribution in [-0.2, 0) is 9.59 Å². The quantitative estimate of drug-likeness (QED) is 0.616. The van der Waals surface area contributed by atoms with Gasteiger partial charge in [0.15, 0.2) is 11.5 Å². The lowest BCUT2D eigenvalue weighted by molar-refractivity contribution is -0.121. The van der Waals surface area contributed by atoms with Crippen molar-refractivity contribution in [1.29, 1.82) is 0 Å². The van der Waals surface area contributed by atoms with Crippen molar-refractivity contribution in [3.05, 3.63) is 42.1 Å². The van der Waals surface area contributed by atoms with Gasteiger partial charge in [-0.2, -0.15) is 0 Å². The highest BCUT2D eigenvalue weighted by Crippen LogP contribution is 2.32. The second-order valence-corrected chi connectivity index (χ2v) is 7.12. The van der Waals surface area contributed by atoms with Gasteiger partial charge in [-0.15, -0.1) is 0 Å². The van der Waals surface area contributed by atoms with Gasteiger partial charge < -0.3 is 20.1 Å². The molecule has 0 unspecified atom stereocenters. The maximum Gasteiger partial charge on any atom is 0.325 e. The number of rotatable bonds is 7. The number of likely N-dealkylation sites (N-methyl/N-ethyl adjacent to an activating group) is 1. The number of carbonyl (C=O) groups excluding carboxylic acids is 3. The van der Waals surface area contributed by atoms with Crippen molar-refractivity contribution in [3.8, 4) is 11.5 Å². The van der Waals surface area contributed by atoms with E-state index in [2.05, 4.69) is 20.9 Å². The summed E-state index contributed by atoms with van der Waals surface area (Å²) in [6.07, 6.45) is 1.68. The van der Waals surface area contributed by atoms with Gasteiger partial charge in [0.25, 0.3) is 0 Å². The van der Waals surface area contributed by atoms with Crippen LogP contribution in [0.15, 0.2) is 36.5 Å². The molecular weight excluding hydrogens is 402 g/mol. The lowest BCUT2D eigenvalue weighted by Crippen LogP contribution is -2.37. The Balaban J connectivity index is 1.38. The number of pyridine rings is 1. The molecular formula is C21H25N5O5. The molecule has 0 spiro atoms. The molecule has 1 aliphatic rings. The first-order chi connectivity index (χ1) is 14.9. The van der Waals surface area contributed by atoms with E-state index in [1.54, 1.807) is 42.4 Å². The van der Waals surface area contributed by atoms with E-state index in [9.17, 15) is 14.4 Å². The predicted molar refractivity (Wildman–Crippen MR) is 114 cm³/mol. The Morgan fingerprint density at radius 3 is 2.58 bits per heavy atom. The molecule has 4 amide bonds. The van der Waals surface area contributed by atoms with Crippen molar-refractivity contribution in [3.63, 3.8) is 0 Å². The van der Waals surface area contributed by atoms with Crippen LogP contribution in [0, 0.1) is 6.92 Å². The number of hydrogen-bond donors (Lipinski definition) is 3. The second-order valence-electron chi connectivity index (χ2n) is 7.12. The van der Waals surface area contributed by atoms with E-state index in [1.165, 1.54) is 0 Å². The standard InChI is InChI=1S/C21H25N5O5/c1-14-5-7-22-18(11-14)24-20(28)13-26(2)8-6-19(27)25-21(29)23-15-3-4-16-17(12-15)31-10-9-30-16/h3-5,7,11-12H,6,8-10,13H2,1-2H3,(H,22,24,28)(H2,23,25,27,29). The monoisotopic (exact) mass is 427 g/mol. The summed E-state index contributed by atoms with van der Waals surface area (Å²) in [5, 5.41) is 7.56. The molecule has 1 aromatic heterocycles. The van der Waals surface area contributed by atoms with E-state index in [-0.39, 0.29) is 18.9 Å². The maximum absolute atomic E-state index is 12.1. The van der Waals surface area contributed by atoms with E-state index in [0.717, 1.165) is 5.56 Å². The molecule has 10 nitrogen and oxygen atoms in total. The van der Waals surface area contributed by atoms with Gasteiger partial charge in [-0.1, -0.05) is 0 Å². The van der Waals surface area contributed by atoms with Crippen LogP contribution in [0.3, 0.4) is 0 Å². The van der Waals surface area contributed by atoms with Crippen molar-refractivity contribution in [2.45, 2.75) is 13.3 Å². The van der Waals surface area contributed by atoms with Gasteiger partial charge in [0.1, 0.15) is 19.0 Å². The molecule has 1 aliphatic heterocycles. The average Bonchev–Trinajstić information content (AvgIpc) is 2.72. The van der Waals surface area contributed by atoms with Crippen LogP contribution in [0.5, 0.6) is 11.5 Å². The number of hydrogen-bond acceptors (Lipinski definition) is 7. The summed E-state index contributed by atoms with van der Waals surface area (Å²) in [6.45, 7) is 3.22. The Bertz CT molecular complexity index is 965. The molecule has 0 fully saturated rings. The smallest absolute Gasteiger partial charge is 0.325 e. The number of aromatic nitrogens is 1. The first kappa shape index (κ1) is 22.0. The largest absolute Gasteiger partial charge is 0.486 e. The van der Waals surface area contributed by atoms with Crippen LogP contribution in [-0.4, -0.2) is 61.1 Å². The van der Waals surface area contributed by atoms with Crippen LogP contribution in [0.1, 0.15) is 12.0 Å². The second kappa shape index (κ2) is 10.4. The van der Waals surface area contributed by atoms with E-state index >= 15 is 0 Å². The Kier molecular flexibility index (Phi) is 7.39. The first-order valence-corrected chi connectivity index (χ1v) is 9.80. The third-order valence-corrected chi connectivity index (χ3v) is 4.37. The van der Waals surface area contributed by atoms with Gasteiger partial charge in [-0.3, -0.25) is 19.8 Å². The van der Waals surface area contributed by atoms with E-state index in [1.807, 2.05) is 13.0 Å². The number of ether oxygens (including phenoxy) is 2. The highest BCUT2D eigenvalue weighted by atomic mass is 16.6. The van der Waals surface area contributed by atoms with E-state index in [0.29, 0.717) is 42.8 Å². The van der Waals surface area contributed by atoms with E-state index < -0.39 is 11.9 Å². The summed E-state index contributed by atoms with van der Waals surface area (Å²) in [7, 11) is 1.71. The fourth-order valence-electron chi connectivity index (χ4n) is 2.88. The normalized spacial score (nSPS) is 12.2. The minimum atomic E-state index is -0.646. The van der Waals surface area contributed by atoms with Gasteiger partial charge in [0.2, 0.25) is 11.8 Å². The molecule has 31 heavy (non-hydrogen) atoms. The fourth-order valence-corrected chi connectivity index (χ4v) is 2.88. The number of benzene rings is 1. The minimum Gasteiger partial charge on any atom is -0.486 e. The molecule has 0 atom stereocenters. The highest BCUT2D eigenvalue weighted by Gasteiger charge is 2.15. The summed E-state index contributed by atoms with van der Waals surface area (Å²) < 4.78 is 10.9. The average molecular weight is 427 g/mol. The third kappa shape index (κ3) is 6.96. The molecule has 0 saturated carbocycles. The molecule has 0 saturated heterocycles. The topological polar surface area (TPSA) is 122 Å². The molecule has 0 aliphatic carbocycles. The van der Waals surface area contributed by atoms with Crippen molar-refractivity contribution >= 4 is 29.4 Å². The molecule has 2 aromatic rings. The molecule has 3 N–H and O–H groups in total. The van der Waals surface area contributed by atoms with Crippen molar-refractivity contribution < 1.29 is 23.9 Å². The Hall–Kier alpha value is -3.66. The van der Waals surface area contributed by atoms with Crippen molar-refractivity contribution in [1.82, 2.24) is 15.2 Å². The number of imide groups is 1. The first-order valence-electron chi connectivity index (χ1n) is 9.80. The summed E-state index contributed by atoms with van der Waals surface area (Å²) in [6, 6.07) is 7.95. The zero-order valence-corrected chi connectivity index (χ0v) is 17.4. The van der Waals surface area contributed by atoms with Crippen LogP contribution in [0.25, 0.3) is 0 Å². The number of carbonyl (C=O) groups is 3. The number of urea groups is 1. The molecule has 0 radical (unpaired) electrons. The number of fused-ring (bicyclic) bond motifs is 1. The number of amides is 4. The Morgan fingerprint density at radius 2 is 1.81 bits per heavy atom. The van der Waals surface area contributed by atoms with Crippen LogP contribution in [0.4, 0.5) is 16.3 Å². The van der Waals surface area contributed by atoms with Crippen LogP contribution >= 0.6 is 0 Å².